The number of hydrogen-bond donors (Lipinski definition) is 3. The van der Waals surface area contributed by atoms with E-state index in [9.17, 15) is 4.79 Å². The van der Waals surface area contributed by atoms with Crippen LogP contribution in [0.3, 0.4) is 0 Å². The van der Waals surface area contributed by atoms with Gasteiger partial charge < -0.3 is 15.2 Å². The summed E-state index contributed by atoms with van der Waals surface area (Å²) in [5.74, 6) is 0.465. The van der Waals surface area contributed by atoms with Crippen molar-refractivity contribution in [2.45, 2.75) is 33.1 Å². The Labute approximate surface area is 207 Å². The van der Waals surface area contributed by atoms with Crippen LogP contribution in [-0.4, -0.2) is 54.1 Å². The van der Waals surface area contributed by atoms with Gasteiger partial charge >= 0.3 is 0 Å². The Morgan fingerprint density at radius 3 is 2.64 bits per heavy atom. The molecule has 0 saturated carbocycles. The van der Waals surface area contributed by atoms with Gasteiger partial charge in [0, 0.05) is 30.8 Å². The molecule has 5 aromatic rings. The Hall–Kier alpha value is -4.34. The molecule has 36 heavy (non-hydrogen) atoms. The molecule has 1 saturated heterocycles. The van der Waals surface area contributed by atoms with Crippen molar-refractivity contribution in [3.05, 3.63) is 43.0 Å². The van der Waals surface area contributed by atoms with Crippen molar-refractivity contribution < 1.29 is 4.79 Å². The van der Waals surface area contributed by atoms with Crippen LogP contribution in [0.25, 0.3) is 44.8 Å². The summed E-state index contributed by atoms with van der Waals surface area (Å²) in [7, 11) is 0. The van der Waals surface area contributed by atoms with Gasteiger partial charge in [0.1, 0.15) is 11.0 Å². The van der Waals surface area contributed by atoms with Crippen LogP contribution in [0.15, 0.2) is 43.0 Å². The average Bonchev–Trinajstić information content (AvgIpc) is 3.53. The first-order valence-electron chi connectivity index (χ1n) is 12.3. The molecule has 0 aliphatic carbocycles. The van der Waals surface area contributed by atoms with Crippen LogP contribution in [0.4, 0.5) is 11.4 Å². The maximum Gasteiger partial charge on any atom is 0.226 e. The summed E-state index contributed by atoms with van der Waals surface area (Å²) < 4.78 is 0. The van der Waals surface area contributed by atoms with Crippen molar-refractivity contribution >= 4 is 39.3 Å². The fraction of sp³-hybridized carbons (Fsp3) is 0.308. The number of nitrogens with one attached hydrogen (secondary N) is 3. The van der Waals surface area contributed by atoms with Crippen LogP contribution < -0.4 is 10.2 Å². The molecule has 0 spiro atoms. The molecule has 0 atom stereocenters. The smallest absolute Gasteiger partial charge is 0.226 e. The molecule has 3 N–H and O–H groups in total. The Kier molecular flexibility index (Phi) is 5.55. The number of fused-ring (bicyclic) bond motifs is 2. The Bertz CT molecular complexity index is 1560. The number of piperidine rings is 1. The number of hydrogen-bond acceptors (Lipinski definition) is 7. The number of aromatic nitrogens is 7. The maximum absolute atomic E-state index is 12.1. The summed E-state index contributed by atoms with van der Waals surface area (Å²) in [4.78, 5) is 36.4. The first kappa shape index (κ1) is 22.1. The number of H-pyrrole nitrogens is 2. The molecule has 1 aliphatic heterocycles. The number of imidazole rings is 1. The highest BCUT2D eigenvalue weighted by Crippen LogP contribution is 2.31. The van der Waals surface area contributed by atoms with E-state index in [1.165, 1.54) is 19.3 Å². The molecule has 1 amide bonds. The van der Waals surface area contributed by atoms with Gasteiger partial charge in [-0.15, -0.1) is 0 Å². The summed E-state index contributed by atoms with van der Waals surface area (Å²) in [6, 6.07) is 5.72. The fourth-order valence-electron chi connectivity index (χ4n) is 4.56. The van der Waals surface area contributed by atoms with Crippen molar-refractivity contribution in [1.29, 1.82) is 0 Å². The molecule has 1 aliphatic rings. The molecule has 6 rings (SSSR count). The molecule has 10 nitrogen and oxygen atoms in total. The topological polar surface area (TPSA) is 128 Å². The van der Waals surface area contributed by atoms with E-state index in [1.54, 1.807) is 18.6 Å². The van der Waals surface area contributed by atoms with Gasteiger partial charge in [-0.3, -0.25) is 19.9 Å². The number of aromatic amines is 2. The Balaban J connectivity index is 1.38. The molecule has 1 fully saturated rings. The first-order valence-corrected chi connectivity index (χ1v) is 12.3. The lowest BCUT2D eigenvalue weighted by atomic mass is 10.1. The van der Waals surface area contributed by atoms with Crippen LogP contribution in [-0.2, 0) is 4.79 Å². The summed E-state index contributed by atoms with van der Waals surface area (Å²) in [5.41, 5.74) is 7.13. The van der Waals surface area contributed by atoms with E-state index >= 15 is 0 Å². The van der Waals surface area contributed by atoms with Crippen LogP contribution >= 0.6 is 0 Å². The number of amides is 1. The quantitative estimate of drug-likeness (QED) is 0.336. The monoisotopic (exact) mass is 481 g/mol. The highest BCUT2D eigenvalue weighted by atomic mass is 16.1. The molecule has 5 aromatic heterocycles. The third kappa shape index (κ3) is 4.04. The number of pyridine rings is 3. The lowest BCUT2D eigenvalue weighted by molar-refractivity contribution is -0.118. The van der Waals surface area contributed by atoms with E-state index in [0.29, 0.717) is 22.7 Å². The second-order valence-electron chi connectivity index (χ2n) is 9.46. The van der Waals surface area contributed by atoms with E-state index < -0.39 is 0 Å². The molecule has 0 radical (unpaired) electrons. The Morgan fingerprint density at radius 2 is 1.81 bits per heavy atom. The van der Waals surface area contributed by atoms with Gasteiger partial charge in [-0.25, -0.2) is 9.97 Å². The SMILES string of the molecule is CC(C)C(=O)Nc1cncc(-c2ccc3[nH]nc(-c4nc5c(N6CCCCC6)cncc5[nH]4)c3n2)c1. The van der Waals surface area contributed by atoms with Crippen molar-refractivity contribution in [3.63, 3.8) is 0 Å². The standard InChI is InChI=1S/C26H27N9O/c1-15(2)26(36)29-17-10-16(11-27-12-17)18-6-7-19-23(30-18)24(34-33-19)25-31-20-13-28-14-21(22(20)32-25)35-8-4-3-5-9-35/h6-7,10-15H,3-5,8-9H2,1-2H3,(H,29,36)(H,31,32)(H,33,34). The molecule has 10 heteroatoms. The fourth-order valence-corrected chi connectivity index (χ4v) is 4.56. The minimum Gasteiger partial charge on any atom is -0.368 e. The van der Waals surface area contributed by atoms with Gasteiger partial charge in [0.2, 0.25) is 5.91 Å². The molecular formula is C26H27N9O. The number of anilines is 2. The number of nitrogens with zero attached hydrogens (tertiary/aromatic N) is 6. The third-order valence-electron chi connectivity index (χ3n) is 6.53. The largest absolute Gasteiger partial charge is 0.368 e. The molecule has 0 aromatic carbocycles. The normalized spacial score (nSPS) is 14.1. The highest BCUT2D eigenvalue weighted by molar-refractivity contribution is 5.95. The summed E-state index contributed by atoms with van der Waals surface area (Å²) in [6.45, 7) is 5.74. The van der Waals surface area contributed by atoms with Crippen LogP contribution in [0.2, 0.25) is 0 Å². The van der Waals surface area contributed by atoms with Crippen molar-refractivity contribution in [1.82, 2.24) is 35.1 Å². The van der Waals surface area contributed by atoms with Gasteiger partial charge in [0.25, 0.3) is 0 Å². The zero-order valence-electron chi connectivity index (χ0n) is 20.2. The van der Waals surface area contributed by atoms with Crippen LogP contribution in [0, 0.1) is 5.92 Å². The maximum atomic E-state index is 12.1. The minimum absolute atomic E-state index is 0.0576. The summed E-state index contributed by atoms with van der Waals surface area (Å²) >= 11 is 0. The van der Waals surface area contributed by atoms with Gasteiger partial charge in [0.15, 0.2) is 11.5 Å². The van der Waals surface area contributed by atoms with E-state index in [2.05, 4.69) is 35.4 Å². The Morgan fingerprint density at radius 1 is 0.972 bits per heavy atom. The predicted molar refractivity (Wildman–Crippen MR) is 140 cm³/mol. The van der Waals surface area contributed by atoms with Crippen molar-refractivity contribution in [2.24, 2.45) is 5.92 Å². The van der Waals surface area contributed by atoms with Gasteiger partial charge in [-0.2, -0.15) is 5.10 Å². The van der Waals surface area contributed by atoms with Crippen LogP contribution in [0.5, 0.6) is 0 Å². The van der Waals surface area contributed by atoms with E-state index in [0.717, 1.165) is 46.6 Å². The van der Waals surface area contributed by atoms with Crippen molar-refractivity contribution in [2.75, 3.05) is 23.3 Å². The average molecular weight is 482 g/mol. The zero-order valence-corrected chi connectivity index (χ0v) is 20.2. The molecule has 6 heterocycles. The second-order valence-corrected chi connectivity index (χ2v) is 9.46. The van der Waals surface area contributed by atoms with E-state index in [-0.39, 0.29) is 11.8 Å². The predicted octanol–water partition coefficient (Wildman–Crippen LogP) is 4.54. The van der Waals surface area contributed by atoms with Gasteiger partial charge in [0.05, 0.1) is 46.7 Å². The molecule has 0 bridgehead atoms. The van der Waals surface area contributed by atoms with E-state index in [4.69, 9.17) is 9.97 Å². The lowest BCUT2D eigenvalue weighted by Gasteiger charge is -2.28. The minimum atomic E-state index is -0.119. The number of carbonyl (C=O) groups excluding carboxylic acids is 1. The number of rotatable bonds is 5. The first-order chi connectivity index (χ1) is 17.6. The van der Waals surface area contributed by atoms with Crippen molar-refractivity contribution in [3.8, 4) is 22.8 Å². The molecule has 0 unspecified atom stereocenters. The van der Waals surface area contributed by atoms with Crippen LogP contribution in [0.1, 0.15) is 33.1 Å². The third-order valence-corrected chi connectivity index (χ3v) is 6.53. The lowest BCUT2D eigenvalue weighted by Crippen LogP contribution is -2.29. The second kappa shape index (κ2) is 9.03. The highest BCUT2D eigenvalue weighted by Gasteiger charge is 2.20. The summed E-state index contributed by atoms with van der Waals surface area (Å²) in [6.07, 6.45) is 10.7. The van der Waals surface area contributed by atoms with Gasteiger partial charge in [-0.1, -0.05) is 13.8 Å². The zero-order chi connectivity index (χ0) is 24.6. The number of carbonyl (C=O) groups is 1. The molecular weight excluding hydrogens is 454 g/mol. The molecule has 182 valence electrons. The summed E-state index contributed by atoms with van der Waals surface area (Å²) in [5, 5.41) is 10.5. The van der Waals surface area contributed by atoms with E-state index in [1.807, 2.05) is 38.2 Å². The van der Waals surface area contributed by atoms with Gasteiger partial charge in [-0.05, 0) is 37.5 Å².